The number of thiocarbonyl (C=S) groups is 1. The van der Waals surface area contributed by atoms with E-state index in [2.05, 4.69) is 26.8 Å². The maximum absolute atomic E-state index is 6.10. The summed E-state index contributed by atoms with van der Waals surface area (Å²) in [4.78, 5) is 0. The molecule has 0 spiro atoms. The molecule has 0 saturated heterocycles. The Morgan fingerprint density at radius 1 is 1.19 bits per heavy atom. The number of rotatable bonds is 6. The Morgan fingerprint density at radius 2 is 1.88 bits per heavy atom. The molecule has 0 aliphatic heterocycles. The lowest BCUT2D eigenvalue weighted by atomic mass is 9.64. The highest BCUT2D eigenvalue weighted by Crippen LogP contribution is 2.58. The molecule has 0 radical (unpaired) electrons. The molecule has 26 heavy (non-hydrogen) atoms. The van der Waals surface area contributed by atoms with Crippen LogP contribution in [0.5, 0.6) is 11.5 Å². The molecule has 1 aliphatic rings. The van der Waals surface area contributed by atoms with E-state index in [4.69, 9.17) is 31.2 Å². The standard InChI is InChI=1S/C20H30O4S2/c1-19(2)16(24-18(25)26-7)8-9-20(19,3)14-10-13(12-21-4)11-15(22-5)17(14)23-6/h10-11,16H,8-9,12H2,1-7H3. The van der Waals surface area contributed by atoms with Crippen LogP contribution in [0.2, 0.25) is 0 Å². The molecule has 0 aromatic heterocycles. The molecule has 0 amide bonds. The molecule has 1 aromatic carbocycles. The first-order valence-corrected chi connectivity index (χ1v) is 10.4. The van der Waals surface area contributed by atoms with Crippen LogP contribution >= 0.6 is 24.0 Å². The predicted molar refractivity (Wildman–Crippen MR) is 112 cm³/mol. The highest BCUT2D eigenvalue weighted by Gasteiger charge is 2.55. The minimum atomic E-state index is -0.145. The van der Waals surface area contributed by atoms with Gasteiger partial charge in [0, 0.05) is 23.5 Å². The SMILES string of the molecule is COCc1cc(OC)c(OC)c(C2(C)CCC(OC(=S)SC)C2(C)C)c1. The monoisotopic (exact) mass is 398 g/mol. The lowest BCUT2D eigenvalue weighted by Crippen LogP contribution is -2.42. The van der Waals surface area contributed by atoms with Crippen LogP contribution in [0.3, 0.4) is 0 Å². The zero-order valence-electron chi connectivity index (χ0n) is 16.8. The van der Waals surface area contributed by atoms with Gasteiger partial charge in [-0.25, -0.2) is 0 Å². The van der Waals surface area contributed by atoms with Crippen molar-refractivity contribution < 1.29 is 18.9 Å². The first-order valence-electron chi connectivity index (χ1n) is 8.74. The highest BCUT2D eigenvalue weighted by molar-refractivity contribution is 8.22. The molecule has 2 atom stereocenters. The van der Waals surface area contributed by atoms with Crippen LogP contribution in [0.4, 0.5) is 0 Å². The van der Waals surface area contributed by atoms with E-state index in [1.54, 1.807) is 21.3 Å². The molecular weight excluding hydrogens is 368 g/mol. The van der Waals surface area contributed by atoms with Gasteiger partial charge in [0.2, 0.25) is 4.38 Å². The van der Waals surface area contributed by atoms with Crippen molar-refractivity contribution >= 4 is 28.4 Å². The van der Waals surface area contributed by atoms with Crippen LogP contribution in [-0.2, 0) is 21.5 Å². The molecule has 6 heteroatoms. The van der Waals surface area contributed by atoms with Crippen LogP contribution < -0.4 is 9.47 Å². The fraction of sp³-hybridized carbons (Fsp3) is 0.650. The third-order valence-electron chi connectivity index (χ3n) is 5.98. The molecule has 1 aromatic rings. The van der Waals surface area contributed by atoms with E-state index in [9.17, 15) is 0 Å². The van der Waals surface area contributed by atoms with E-state index in [0.29, 0.717) is 11.0 Å². The Hall–Kier alpha value is -0.980. The summed E-state index contributed by atoms with van der Waals surface area (Å²) in [5.74, 6) is 1.52. The molecule has 1 fully saturated rings. The van der Waals surface area contributed by atoms with Crippen molar-refractivity contribution in [1.82, 2.24) is 0 Å². The third kappa shape index (κ3) is 3.69. The van der Waals surface area contributed by atoms with E-state index in [-0.39, 0.29) is 16.9 Å². The average molecular weight is 399 g/mol. The number of thioether (sulfide) groups is 1. The van der Waals surface area contributed by atoms with Gasteiger partial charge in [0.25, 0.3) is 0 Å². The van der Waals surface area contributed by atoms with Crippen molar-refractivity contribution in [2.75, 3.05) is 27.6 Å². The van der Waals surface area contributed by atoms with Gasteiger partial charge in [0.05, 0.1) is 20.8 Å². The normalized spacial score (nSPS) is 24.3. The van der Waals surface area contributed by atoms with Crippen LogP contribution in [-0.4, -0.2) is 38.1 Å². The fourth-order valence-electron chi connectivity index (χ4n) is 3.99. The second kappa shape index (κ2) is 8.36. The minimum absolute atomic E-state index is 0.0641. The summed E-state index contributed by atoms with van der Waals surface area (Å²) in [7, 11) is 5.06. The zero-order valence-corrected chi connectivity index (χ0v) is 18.4. The zero-order chi connectivity index (χ0) is 19.5. The van der Waals surface area contributed by atoms with Crippen molar-refractivity contribution in [2.24, 2.45) is 5.41 Å². The van der Waals surface area contributed by atoms with Crippen molar-refractivity contribution in [3.05, 3.63) is 23.3 Å². The number of benzene rings is 1. The van der Waals surface area contributed by atoms with Crippen molar-refractivity contribution in [3.63, 3.8) is 0 Å². The first-order chi connectivity index (χ1) is 12.2. The van der Waals surface area contributed by atoms with E-state index in [0.717, 1.165) is 35.5 Å². The Kier molecular flexibility index (Phi) is 6.86. The summed E-state index contributed by atoms with van der Waals surface area (Å²) < 4.78 is 23.4. The lowest BCUT2D eigenvalue weighted by molar-refractivity contribution is 0.0604. The Balaban J connectivity index is 2.54. The largest absolute Gasteiger partial charge is 0.493 e. The molecule has 146 valence electrons. The second-order valence-corrected chi connectivity index (χ2v) is 8.87. The number of hydrogen-bond donors (Lipinski definition) is 0. The van der Waals surface area contributed by atoms with E-state index in [1.807, 2.05) is 12.3 Å². The van der Waals surface area contributed by atoms with Gasteiger partial charge in [-0.2, -0.15) is 0 Å². The molecule has 2 unspecified atom stereocenters. The number of methoxy groups -OCH3 is 3. The Morgan fingerprint density at radius 3 is 2.42 bits per heavy atom. The van der Waals surface area contributed by atoms with Gasteiger partial charge in [-0.1, -0.05) is 32.5 Å². The topological polar surface area (TPSA) is 36.9 Å². The highest BCUT2D eigenvalue weighted by atomic mass is 32.2. The van der Waals surface area contributed by atoms with Gasteiger partial charge in [-0.05, 0) is 49.0 Å². The van der Waals surface area contributed by atoms with Gasteiger partial charge in [-0.15, -0.1) is 0 Å². The third-order valence-corrected chi connectivity index (χ3v) is 7.01. The predicted octanol–water partition coefficient (Wildman–Crippen LogP) is 4.96. The summed E-state index contributed by atoms with van der Waals surface area (Å²) >= 11 is 6.79. The smallest absolute Gasteiger partial charge is 0.219 e. The van der Waals surface area contributed by atoms with Crippen LogP contribution in [0.15, 0.2) is 12.1 Å². The maximum atomic E-state index is 6.10. The Labute approximate surface area is 166 Å². The van der Waals surface area contributed by atoms with Gasteiger partial charge < -0.3 is 18.9 Å². The molecule has 0 heterocycles. The number of ether oxygens (including phenoxy) is 4. The summed E-state index contributed by atoms with van der Waals surface area (Å²) in [6.07, 6.45) is 3.95. The van der Waals surface area contributed by atoms with E-state index in [1.165, 1.54) is 11.8 Å². The quantitative estimate of drug-likeness (QED) is 0.630. The van der Waals surface area contributed by atoms with Crippen molar-refractivity contribution in [2.45, 2.75) is 51.7 Å². The molecule has 2 rings (SSSR count). The molecule has 1 aliphatic carbocycles. The minimum Gasteiger partial charge on any atom is -0.493 e. The van der Waals surface area contributed by atoms with Gasteiger partial charge in [0.1, 0.15) is 6.10 Å². The molecular formula is C20H30O4S2. The lowest BCUT2D eigenvalue weighted by Gasteiger charge is -2.42. The van der Waals surface area contributed by atoms with Gasteiger partial charge in [0.15, 0.2) is 11.5 Å². The maximum Gasteiger partial charge on any atom is 0.219 e. The summed E-state index contributed by atoms with van der Waals surface area (Å²) in [5, 5.41) is 0. The van der Waals surface area contributed by atoms with Crippen LogP contribution in [0.25, 0.3) is 0 Å². The van der Waals surface area contributed by atoms with Crippen molar-refractivity contribution in [3.8, 4) is 11.5 Å². The average Bonchev–Trinajstić information content (AvgIpc) is 2.85. The van der Waals surface area contributed by atoms with Crippen LogP contribution in [0.1, 0.15) is 44.7 Å². The van der Waals surface area contributed by atoms with Gasteiger partial charge in [-0.3, -0.25) is 0 Å². The fourth-order valence-corrected chi connectivity index (χ4v) is 4.32. The van der Waals surface area contributed by atoms with Crippen molar-refractivity contribution in [1.29, 1.82) is 0 Å². The number of hydrogen-bond acceptors (Lipinski definition) is 6. The molecule has 0 bridgehead atoms. The molecule has 0 N–H and O–H groups in total. The van der Waals surface area contributed by atoms with E-state index >= 15 is 0 Å². The summed E-state index contributed by atoms with van der Waals surface area (Å²) in [6, 6.07) is 4.16. The second-order valence-electron chi connectivity index (χ2n) is 7.46. The van der Waals surface area contributed by atoms with Gasteiger partial charge >= 0.3 is 0 Å². The summed E-state index contributed by atoms with van der Waals surface area (Å²) in [5.41, 5.74) is 1.93. The first kappa shape index (κ1) is 21.3. The Bertz CT molecular complexity index is 659. The van der Waals surface area contributed by atoms with E-state index < -0.39 is 0 Å². The summed E-state index contributed by atoms with van der Waals surface area (Å²) in [6.45, 7) is 7.32. The molecule has 4 nitrogen and oxygen atoms in total. The molecule has 1 saturated carbocycles. The van der Waals surface area contributed by atoms with Crippen LogP contribution in [0, 0.1) is 5.41 Å².